The maximum absolute atomic E-state index is 14.1. The van der Waals surface area contributed by atoms with Crippen molar-refractivity contribution >= 4 is 43.1 Å². The Balaban J connectivity index is 1.17. The Morgan fingerprint density at radius 2 is 0.519 bits per heavy atom. The molecule has 6 atom stereocenters. The summed E-state index contributed by atoms with van der Waals surface area (Å²) in [6, 6.07) is 1.88. The number of benzene rings is 2. The fraction of sp³-hybridized carbons (Fsp3) is 0.474. The van der Waals surface area contributed by atoms with Crippen LogP contribution in [-0.2, 0) is 0 Å². The molecule has 4 N–H and O–H groups in total. The number of rotatable bonds is 4. The highest BCUT2D eigenvalue weighted by Crippen LogP contribution is 2.36. The van der Waals surface area contributed by atoms with Crippen molar-refractivity contribution in [1.29, 1.82) is 0 Å². The van der Waals surface area contributed by atoms with Crippen LogP contribution in [0.25, 0.3) is 43.1 Å². The van der Waals surface area contributed by atoms with Crippen molar-refractivity contribution in [3.63, 3.8) is 0 Å². The summed E-state index contributed by atoms with van der Waals surface area (Å²) in [6.07, 6.45) is 7.90. The van der Waals surface area contributed by atoms with Crippen molar-refractivity contribution in [3.8, 4) is 0 Å². The smallest absolute Gasteiger partial charge is 0.261 e. The molecule has 2 aromatic carbocycles. The predicted octanol–water partition coefficient (Wildman–Crippen LogP) is 1.38. The van der Waals surface area contributed by atoms with E-state index >= 15 is 0 Å². The monoisotopic (exact) mass is 706 g/mol. The third-order valence-corrected chi connectivity index (χ3v) is 12.5. The summed E-state index contributed by atoms with van der Waals surface area (Å²) in [4.78, 5) is 111. The van der Waals surface area contributed by atoms with E-state index in [-0.39, 0.29) is 55.2 Å². The average molecular weight is 707 g/mol. The van der Waals surface area contributed by atoms with Gasteiger partial charge in [-0.3, -0.25) is 56.6 Å². The van der Waals surface area contributed by atoms with Crippen LogP contribution in [0.5, 0.6) is 0 Å². The van der Waals surface area contributed by atoms with Crippen LogP contribution in [0.4, 0.5) is 0 Å². The normalized spacial score (nSPS) is 26.0. The molecule has 0 saturated heterocycles. The third kappa shape index (κ3) is 4.43. The van der Waals surface area contributed by atoms with Crippen molar-refractivity contribution in [3.05, 3.63) is 107 Å². The van der Waals surface area contributed by atoms with Gasteiger partial charge in [-0.15, -0.1) is 0 Å². The van der Waals surface area contributed by atoms with E-state index in [2.05, 4.69) is 0 Å². The lowest BCUT2D eigenvalue weighted by molar-refractivity contribution is 0.229. The summed E-state index contributed by atoms with van der Waals surface area (Å²) >= 11 is 0. The summed E-state index contributed by atoms with van der Waals surface area (Å²) in [5, 5.41) is 0.142. The SMILES string of the molecule is NC1CCCC[C@H]1n1c(=O)c2cc3c(=O)n([C@@H]4CCCC[C@H]4n4c(=O)c5cc6c(=O)n([C@@H]7CCCC[C@H]7N)c(=O)c6cc5c4=O)c(=O)c3cc2c1=O. The van der Waals surface area contributed by atoms with Gasteiger partial charge in [0.15, 0.2) is 0 Å². The molecule has 4 aromatic heterocycles. The molecular weight excluding hydrogens is 668 g/mol. The molecule has 0 amide bonds. The van der Waals surface area contributed by atoms with Gasteiger partial charge in [-0.05, 0) is 62.8 Å². The van der Waals surface area contributed by atoms with Crippen LogP contribution < -0.4 is 55.9 Å². The lowest BCUT2D eigenvalue weighted by atomic mass is 9.90. The lowest BCUT2D eigenvalue weighted by Crippen LogP contribution is -2.42. The number of hydrogen-bond acceptors (Lipinski definition) is 10. The van der Waals surface area contributed by atoms with Gasteiger partial charge in [-0.1, -0.05) is 38.5 Å². The van der Waals surface area contributed by atoms with Crippen molar-refractivity contribution in [1.82, 2.24) is 18.3 Å². The molecule has 268 valence electrons. The molecule has 14 heteroatoms. The Labute approximate surface area is 292 Å². The van der Waals surface area contributed by atoms with Crippen LogP contribution in [0.1, 0.15) is 101 Å². The first-order valence-corrected chi connectivity index (χ1v) is 18.4. The zero-order valence-corrected chi connectivity index (χ0v) is 28.5. The molecule has 3 aliphatic carbocycles. The standard InChI is InChI=1S/C38H38N6O8/c39-25-7-1-3-9-27(25)41-31(45)17-13-21-22(14-18(17)32(41)46)36(50)43(35(21)49)29-11-5-6-12-30(29)44-37(51)23-15-19-20(16-24(23)38(44)52)34(48)42(33(19)47)28-10-4-2-8-26(28)40/h13-16,25-30H,1-12,39-40H2/t25-,26?,27-,28-,29-,30-/m1/s1. The van der Waals surface area contributed by atoms with Crippen molar-refractivity contribution in [2.24, 2.45) is 11.5 Å². The second-order valence-corrected chi connectivity index (χ2v) is 15.3. The lowest BCUT2D eigenvalue weighted by Gasteiger charge is -2.31. The minimum Gasteiger partial charge on any atom is -0.326 e. The van der Waals surface area contributed by atoms with Gasteiger partial charge < -0.3 is 11.5 Å². The second kappa shape index (κ2) is 11.7. The highest BCUT2D eigenvalue weighted by Gasteiger charge is 2.36. The Morgan fingerprint density at radius 3 is 0.750 bits per heavy atom. The van der Waals surface area contributed by atoms with Gasteiger partial charge in [0.1, 0.15) is 0 Å². The molecule has 9 rings (SSSR count). The first-order valence-electron chi connectivity index (χ1n) is 18.4. The van der Waals surface area contributed by atoms with E-state index in [1.54, 1.807) is 0 Å². The number of nitrogens with zero attached hydrogens (tertiary/aromatic N) is 4. The molecule has 3 fully saturated rings. The highest BCUT2D eigenvalue weighted by molar-refractivity contribution is 5.99. The summed E-state index contributed by atoms with van der Waals surface area (Å²) in [7, 11) is 0. The zero-order valence-electron chi connectivity index (χ0n) is 28.5. The Bertz CT molecular complexity index is 2560. The molecule has 1 unspecified atom stereocenters. The van der Waals surface area contributed by atoms with Gasteiger partial charge in [0.2, 0.25) is 0 Å². The quantitative estimate of drug-likeness (QED) is 0.269. The van der Waals surface area contributed by atoms with Crippen LogP contribution in [0.15, 0.2) is 62.6 Å². The Hall–Kier alpha value is -5.08. The number of hydrogen-bond donors (Lipinski definition) is 2. The van der Waals surface area contributed by atoms with E-state index in [0.29, 0.717) is 51.4 Å². The van der Waals surface area contributed by atoms with Crippen molar-refractivity contribution < 1.29 is 0 Å². The molecular formula is C38H38N6O8. The van der Waals surface area contributed by atoms with Gasteiger partial charge in [0.05, 0.1) is 67.3 Å². The number of aromatic nitrogens is 4. The van der Waals surface area contributed by atoms with E-state index in [4.69, 9.17) is 11.5 Å². The fourth-order valence-electron chi connectivity index (χ4n) is 9.84. The van der Waals surface area contributed by atoms with Gasteiger partial charge >= 0.3 is 0 Å². The number of fused-ring (bicyclic) bond motifs is 4. The summed E-state index contributed by atoms with van der Waals surface area (Å²) in [5.74, 6) is 0. The molecule has 3 saturated carbocycles. The molecule has 0 aliphatic heterocycles. The molecule has 0 spiro atoms. The summed E-state index contributed by atoms with van der Waals surface area (Å²) in [6.45, 7) is 0. The van der Waals surface area contributed by atoms with E-state index in [0.717, 1.165) is 34.8 Å². The van der Waals surface area contributed by atoms with Crippen LogP contribution >= 0.6 is 0 Å². The topological polar surface area (TPSA) is 208 Å². The molecule has 14 nitrogen and oxygen atoms in total. The van der Waals surface area contributed by atoms with Gasteiger partial charge in [-0.25, -0.2) is 0 Å². The maximum atomic E-state index is 14.1. The molecule has 0 radical (unpaired) electrons. The molecule has 52 heavy (non-hydrogen) atoms. The van der Waals surface area contributed by atoms with Crippen LogP contribution in [-0.4, -0.2) is 30.4 Å². The second-order valence-electron chi connectivity index (χ2n) is 15.3. The van der Waals surface area contributed by atoms with Crippen LogP contribution in [0.3, 0.4) is 0 Å². The van der Waals surface area contributed by atoms with E-state index < -0.39 is 68.6 Å². The largest absolute Gasteiger partial charge is 0.326 e. The molecule has 6 aromatic rings. The predicted molar refractivity (Wildman–Crippen MR) is 197 cm³/mol. The van der Waals surface area contributed by atoms with E-state index in [9.17, 15) is 38.4 Å². The highest BCUT2D eigenvalue weighted by atomic mass is 16.2. The van der Waals surface area contributed by atoms with Crippen molar-refractivity contribution in [2.75, 3.05) is 0 Å². The molecule has 0 bridgehead atoms. The Kier molecular flexibility index (Phi) is 7.39. The van der Waals surface area contributed by atoms with Gasteiger partial charge in [-0.2, -0.15) is 0 Å². The first kappa shape index (κ1) is 32.8. The maximum Gasteiger partial charge on any atom is 0.261 e. The first-order chi connectivity index (χ1) is 25.0. The third-order valence-electron chi connectivity index (χ3n) is 12.5. The minimum atomic E-state index is -0.875. The van der Waals surface area contributed by atoms with Crippen molar-refractivity contribution in [2.45, 2.75) is 113 Å². The van der Waals surface area contributed by atoms with Crippen LogP contribution in [0, 0.1) is 0 Å². The van der Waals surface area contributed by atoms with E-state index in [1.165, 1.54) is 33.4 Å². The summed E-state index contributed by atoms with van der Waals surface area (Å²) < 4.78 is 4.48. The zero-order chi connectivity index (χ0) is 36.3. The van der Waals surface area contributed by atoms with Crippen LogP contribution in [0.2, 0.25) is 0 Å². The Morgan fingerprint density at radius 1 is 0.327 bits per heavy atom. The van der Waals surface area contributed by atoms with E-state index in [1.807, 2.05) is 0 Å². The minimum absolute atomic E-state index is 0.0120. The summed E-state index contributed by atoms with van der Waals surface area (Å²) in [5.41, 5.74) is 7.76. The fourth-order valence-corrected chi connectivity index (χ4v) is 9.84. The molecule has 3 aliphatic rings. The molecule has 4 heterocycles. The van der Waals surface area contributed by atoms with Gasteiger partial charge in [0.25, 0.3) is 44.5 Å². The van der Waals surface area contributed by atoms with Gasteiger partial charge in [0, 0.05) is 12.1 Å². The number of nitrogens with two attached hydrogens (primary N) is 2. The average Bonchev–Trinajstić information content (AvgIpc) is 3.73.